The van der Waals surface area contributed by atoms with Crippen LogP contribution in [-0.4, -0.2) is 11.2 Å². The lowest BCUT2D eigenvalue weighted by Gasteiger charge is -2.07. The Balaban J connectivity index is 2.39. The molecule has 2 aromatic carbocycles. The fourth-order valence-corrected chi connectivity index (χ4v) is 1.66. The number of nitro benzene ring substituents is 1. The number of carbonyl (C=O) groups is 1. The first-order valence-electron chi connectivity index (χ1n) is 5.27. The maximum Gasteiger partial charge on any atom is 0.311 e. The standard InChI is InChI=1S/C13H8ClNO4/c14-10-4-5-12(15(17)18)13(7-10)19-11-3-1-2-9(6-11)8-16/h1-8H. The van der Waals surface area contributed by atoms with Gasteiger partial charge in [-0.1, -0.05) is 23.7 Å². The van der Waals surface area contributed by atoms with Crippen molar-refractivity contribution in [3.63, 3.8) is 0 Å². The van der Waals surface area contributed by atoms with Gasteiger partial charge in [-0.25, -0.2) is 0 Å². The van der Waals surface area contributed by atoms with Crippen molar-refractivity contribution < 1.29 is 14.5 Å². The van der Waals surface area contributed by atoms with E-state index in [2.05, 4.69) is 0 Å². The van der Waals surface area contributed by atoms with Crippen LogP contribution >= 0.6 is 11.6 Å². The molecule has 0 atom stereocenters. The number of halogens is 1. The summed E-state index contributed by atoms with van der Waals surface area (Å²) in [4.78, 5) is 21.0. The molecule has 0 unspecified atom stereocenters. The maximum absolute atomic E-state index is 10.9. The van der Waals surface area contributed by atoms with Gasteiger partial charge >= 0.3 is 5.69 Å². The molecule has 0 fully saturated rings. The predicted molar refractivity (Wildman–Crippen MR) is 70.0 cm³/mol. The highest BCUT2D eigenvalue weighted by Crippen LogP contribution is 2.33. The Morgan fingerprint density at radius 3 is 2.68 bits per heavy atom. The number of hydrogen-bond acceptors (Lipinski definition) is 4. The minimum Gasteiger partial charge on any atom is -0.450 e. The van der Waals surface area contributed by atoms with Crippen molar-refractivity contribution in [2.24, 2.45) is 0 Å². The molecule has 0 saturated heterocycles. The van der Waals surface area contributed by atoms with Crippen molar-refractivity contribution in [1.82, 2.24) is 0 Å². The van der Waals surface area contributed by atoms with Gasteiger partial charge in [-0.15, -0.1) is 0 Å². The number of rotatable bonds is 4. The predicted octanol–water partition coefficient (Wildman–Crippen LogP) is 3.85. The molecule has 6 heteroatoms. The lowest BCUT2D eigenvalue weighted by molar-refractivity contribution is -0.385. The Morgan fingerprint density at radius 1 is 1.21 bits per heavy atom. The molecule has 0 aliphatic rings. The van der Waals surface area contributed by atoms with Gasteiger partial charge < -0.3 is 4.74 Å². The second kappa shape index (κ2) is 5.49. The van der Waals surface area contributed by atoms with Gasteiger partial charge in [0.15, 0.2) is 0 Å². The Hall–Kier alpha value is -2.40. The molecule has 0 bridgehead atoms. The van der Waals surface area contributed by atoms with Gasteiger partial charge in [0.05, 0.1) is 4.92 Å². The molecular weight excluding hydrogens is 270 g/mol. The molecule has 0 aromatic heterocycles. The molecule has 0 aliphatic heterocycles. The lowest BCUT2D eigenvalue weighted by Crippen LogP contribution is -1.93. The lowest BCUT2D eigenvalue weighted by atomic mass is 10.2. The minimum absolute atomic E-state index is 0.0283. The monoisotopic (exact) mass is 277 g/mol. The Bertz CT molecular complexity index is 642. The SMILES string of the molecule is O=Cc1cccc(Oc2cc(Cl)ccc2[N+](=O)[O-])c1. The second-order valence-corrected chi connectivity index (χ2v) is 4.10. The summed E-state index contributed by atoms with van der Waals surface area (Å²) in [6.07, 6.45) is 0.666. The highest BCUT2D eigenvalue weighted by Gasteiger charge is 2.16. The maximum atomic E-state index is 10.9. The van der Waals surface area contributed by atoms with Crippen LogP contribution < -0.4 is 4.74 Å². The van der Waals surface area contributed by atoms with Crippen LogP contribution in [0.4, 0.5) is 5.69 Å². The normalized spacial score (nSPS) is 9.95. The highest BCUT2D eigenvalue weighted by molar-refractivity contribution is 6.30. The zero-order valence-electron chi connectivity index (χ0n) is 9.58. The molecule has 0 aliphatic carbocycles. The van der Waals surface area contributed by atoms with Crippen LogP contribution in [0, 0.1) is 10.1 Å². The molecule has 0 saturated carbocycles. The Morgan fingerprint density at radius 2 is 2.00 bits per heavy atom. The van der Waals surface area contributed by atoms with E-state index in [1.54, 1.807) is 18.2 Å². The van der Waals surface area contributed by atoms with Crippen molar-refractivity contribution in [3.8, 4) is 11.5 Å². The summed E-state index contributed by atoms with van der Waals surface area (Å²) >= 11 is 5.79. The first-order chi connectivity index (χ1) is 9.10. The number of ether oxygens (including phenoxy) is 1. The van der Waals surface area contributed by atoms with Crippen LogP contribution in [0.15, 0.2) is 42.5 Å². The van der Waals surface area contributed by atoms with E-state index in [1.165, 1.54) is 24.3 Å². The molecule has 0 amide bonds. The zero-order valence-corrected chi connectivity index (χ0v) is 10.3. The molecular formula is C13H8ClNO4. The first-order valence-corrected chi connectivity index (χ1v) is 5.65. The van der Waals surface area contributed by atoms with Crippen LogP contribution in [0.25, 0.3) is 0 Å². The molecule has 19 heavy (non-hydrogen) atoms. The van der Waals surface area contributed by atoms with Gasteiger partial charge in [-0.2, -0.15) is 0 Å². The zero-order chi connectivity index (χ0) is 13.8. The summed E-state index contributed by atoms with van der Waals surface area (Å²) in [5.74, 6) is 0.357. The van der Waals surface area contributed by atoms with E-state index in [4.69, 9.17) is 16.3 Å². The molecule has 96 valence electrons. The molecule has 5 nitrogen and oxygen atoms in total. The van der Waals surface area contributed by atoms with Gasteiger partial charge in [0.2, 0.25) is 5.75 Å². The summed E-state index contributed by atoms with van der Waals surface area (Å²) < 4.78 is 5.41. The van der Waals surface area contributed by atoms with E-state index in [0.717, 1.165) is 0 Å². The van der Waals surface area contributed by atoms with Crippen molar-refractivity contribution in [2.45, 2.75) is 0 Å². The fraction of sp³-hybridized carbons (Fsp3) is 0. The summed E-state index contributed by atoms with van der Waals surface area (Å²) in [5, 5.41) is 11.2. The molecule has 0 radical (unpaired) electrons. The summed E-state index contributed by atoms with van der Waals surface area (Å²) in [7, 11) is 0. The third kappa shape index (κ3) is 3.08. The van der Waals surface area contributed by atoms with E-state index in [-0.39, 0.29) is 11.4 Å². The van der Waals surface area contributed by atoms with E-state index in [0.29, 0.717) is 22.6 Å². The number of nitro groups is 1. The molecule has 0 spiro atoms. The Kier molecular flexibility index (Phi) is 3.77. The van der Waals surface area contributed by atoms with Crippen molar-refractivity contribution >= 4 is 23.6 Å². The molecule has 2 rings (SSSR count). The number of benzene rings is 2. The Labute approximate surface area is 113 Å². The average molecular weight is 278 g/mol. The summed E-state index contributed by atoms with van der Waals surface area (Å²) in [6.45, 7) is 0. The third-order valence-electron chi connectivity index (χ3n) is 2.34. The van der Waals surface area contributed by atoms with Gasteiger partial charge in [0, 0.05) is 22.7 Å². The van der Waals surface area contributed by atoms with Gasteiger partial charge in [0.1, 0.15) is 12.0 Å². The number of aldehydes is 1. The number of nitrogens with zero attached hydrogens (tertiary/aromatic N) is 1. The smallest absolute Gasteiger partial charge is 0.311 e. The van der Waals surface area contributed by atoms with E-state index in [9.17, 15) is 14.9 Å². The van der Waals surface area contributed by atoms with Gasteiger partial charge in [0.25, 0.3) is 0 Å². The van der Waals surface area contributed by atoms with Gasteiger partial charge in [-0.05, 0) is 18.2 Å². The largest absolute Gasteiger partial charge is 0.450 e. The quantitative estimate of drug-likeness (QED) is 0.483. The van der Waals surface area contributed by atoms with Gasteiger partial charge in [-0.3, -0.25) is 14.9 Å². The average Bonchev–Trinajstić information content (AvgIpc) is 2.38. The van der Waals surface area contributed by atoms with Crippen LogP contribution in [0.1, 0.15) is 10.4 Å². The van der Waals surface area contributed by atoms with Crippen molar-refractivity contribution in [1.29, 1.82) is 0 Å². The van der Waals surface area contributed by atoms with E-state index >= 15 is 0 Å². The van der Waals surface area contributed by atoms with Crippen molar-refractivity contribution in [2.75, 3.05) is 0 Å². The number of carbonyl (C=O) groups excluding carboxylic acids is 1. The summed E-state index contributed by atoms with van der Waals surface area (Å²) in [5.41, 5.74) is 0.225. The fourth-order valence-electron chi connectivity index (χ4n) is 1.50. The van der Waals surface area contributed by atoms with Crippen LogP contribution in [0.3, 0.4) is 0 Å². The second-order valence-electron chi connectivity index (χ2n) is 3.66. The van der Waals surface area contributed by atoms with E-state index in [1.807, 2.05) is 0 Å². The van der Waals surface area contributed by atoms with Crippen LogP contribution in [0.5, 0.6) is 11.5 Å². The van der Waals surface area contributed by atoms with Crippen LogP contribution in [-0.2, 0) is 0 Å². The first kappa shape index (κ1) is 13.0. The minimum atomic E-state index is -0.560. The molecule has 2 aromatic rings. The van der Waals surface area contributed by atoms with E-state index < -0.39 is 4.92 Å². The summed E-state index contributed by atoms with van der Waals surface area (Å²) in [6, 6.07) is 10.3. The highest BCUT2D eigenvalue weighted by atomic mass is 35.5. The molecule has 0 N–H and O–H groups in total. The van der Waals surface area contributed by atoms with Crippen LogP contribution in [0.2, 0.25) is 5.02 Å². The number of hydrogen-bond donors (Lipinski definition) is 0. The van der Waals surface area contributed by atoms with Crippen molar-refractivity contribution in [3.05, 3.63) is 63.2 Å². The third-order valence-corrected chi connectivity index (χ3v) is 2.58. The topological polar surface area (TPSA) is 69.4 Å². The molecule has 0 heterocycles.